The zero-order valence-electron chi connectivity index (χ0n) is 27.8. The van der Waals surface area contributed by atoms with E-state index in [4.69, 9.17) is 9.47 Å². The molecule has 1 N–H and O–H groups in total. The maximum Gasteiger partial charge on any atom is 0.264 e. The third-order valence-corrected chi connectivity index (χ3v) is 9.29. The number of anilines is 1. The molecule has 0 aromatic heterocycles. The number of carbonyl (C=O) groups is 2. The molecule has 4 aromatic carbocycles. The van der Waals surface area contributed by atoms with Gasteiger partial charge in [0.05, 0.1) is 24.8 Å². The van der Waals surface area contributed by atoms with Crippen molar-refractivity contribution in [2.45, 2.75) is 57.1 Å². The number of carbonyl (C=O) groups excluding carboxylic acids is 2. The Hall–Kier alpha value is -4.83. The minimum Gasteiger partial charge on any atom is -0.497 e. The van der Waals surface area contributed by atoms with Gasteiger partial charge in [-0.2, -0.15) is 0 Å². The van der Waals surface area contributed by atoms with E-state index in [-0.39, 0.29) is 23.8 Å². The highest BCUT2D eigenvalue weighted by molar-refractivity contribution is 7.92. The van der Waals surface area contributed by atoms with E-state index >= 15 is 0 Å². The number of nitrogens with zero attached hydrogens (tertiary/aromatic N) is 2. The topological polar surface area (TPSA) is 105 Å². The highest BCUT2D eigenvalue weighted by Crippen LogP contribution is 2.27. The molecule has 0 aliphatic carbocycles. The van der Waals surface area contributed by atoms with E-state index in [1.54, 1.807) is 55.6 Å². The van der Waals surface area contributed by atoms with Crippen molar-refractivity contribution in [3.63, 3.8) is 0 Å². The van der Waals surface area contributed by atoms with Crippen LogP contribution in [0.1, 0.15) is 37.5 Å². The monoisotopic (exact) mass is 657 g/mol. The Labute approximate surface area is 278 Å². The van der Waals surface area contributed by atoms with Gasteiger partial charge in [-0.1, -0.05) is 60.2 Å². The van der Waals surface area contributed by atoms with Gasteiger partial charge in [0.15, 0.2) is 0 Å². The molecule has 0 heterocycles. The number of benzene rings is 4. The molecule has 0 unspecified atom stereocenters. The minimum absolute atomic E-state index is 0.00247. The SMILES string of the molecule is COc1ccc(S(=O)(=O)N(CC(=O)N(Cc2cccc(OC)c2)[C@H](Cc2ccccc2)C(=O)NC(C)(C)C)c2ccc(C)cc2)cc1. The van der Waals surface area contributed by atoms with Gasteiger partial charge in [0.2, 0.25) is 11.8 Å². The molecule has 9 nitrogen and oxygen atoms in total. The van der Waals surface area contributed by atoms with E-state index in [1.807, 2.05) is 70.2 Å². The van der Waals surface area contributed by atoms with E-state index in [0.717, 1.165) is 21.0 Å². The second-order valence-electron chi connectivity index (χ2n) is 12.3. The summed E-state index contributed by atoms with van der Waals surface area (Å²) in [7, 11) is -1.17. The standard InChI is InChI=1S/C37H43N3O6S/c1-27-15-17-30(18-16-27)40(47(43,44)33-21-19-31(45-5)20-22-33)26-35(41)39(25-29-13-10-14-32(23-29)46-6)34(36(42)38-37(2,3)4)24-28-11-8-7-9-12-28/h7-23,34H,24-26H2,1-6H3,(H,38,42)/t34-/m1/s1. The van der Waals surface area contributed by atoms with Crippen LogP contribution in [0, 0.1) is 6.92 Å². The lowest BCUT2D eigenvalue weighted by molar-refractivity contribution is -0.140. The van der Waals surface area contributed by atoms with Crippen molar-refractivity contribution >= 4 is 27.5 Å². The van der Waals surface area contributed by atoms with Crippen molar-refractivity contribution < 1.29 is 27.5 Å². The van der Waals surface area contributed by atoms with Crippen molar-refractivity contribution in [1.29, 1.82) is 0 Å². The molecule has 4 rings (SSSR count). The fourth-order valence-electron chi connectivity index (χ4n) is 5.09. The van der Waals surface area contributed by atoms with Crippen LogP contribution in [0.15, 0.2) is 108 Å². The Bertz CT molecular complexity index is 1750. The first kappa shape index (κ1) is 35.0. The number of nitrogens with one attached hydrogen (secondary N) is 1. The molecule has 0 aliphatic heterocycles. The first-order chi connectivity index (χ1) is 22.3. The predicted molar refractivity (Wildman–Crippen MR) is 184 cm³/mol. The van der Waals surface area contributed by atoms with Gasteiger partial charge >= 0.3 is 0 Å². The molecule has 4 aromatic rings. The molecule has 47 heavy (non-hydrogen) atoms. The second kappa shape index (κ2) is 15.2. The maximum absolute atomic E-state index is 14.6. The number of ether oxygens (including phenoxy) is 2. The average molecular weight is 658 g/mol. The summed E-state index contributed by atoms with van der Waals surface area (Å²) in [5.74, 6) is 0.199. The number of hydrogen-bond acceptors (Lipinski definition) is 6. The number of rotatable bonds is 13. The van der Waals surface area contributed by atoms with Crippen LogP contribution in [-0.2, 0) is 32.6 Å². The van der Waals surface area contributed by atoms with Gasteiger partial charge in [-0.05, 0) is 87.4 Å². The zero-order valence-corrected chi connectivity index (χ0v) is 28.6. The predicted octanol–water partition coefficient (Wildman–Crippen LogP) is 5.76. The Morgan fingerprint density at radius 1 is 0.787 bits per heavy atom. The van der Waals surface area contributed by atoms with Gasteiger partial charge < -0.3 is 19.7 Å². The van der Waals surface area contributed by atoms with Crippen molar-refractivity contribution in [1.82, 2.24) is 10.2 Å². The largest absolute Gasteiger partial charge is 0.497 e. The maximum atomic E-state index is 14.6. The molecule has 0 saturated carbocycles. The molecule has 248 valence electrons. The Morgan fingerprint density at radius 2 is 1.40 bits per heavy atom. The summed E-state index contributed by atoms with van der Waals surface area (Å²) in [5.41, 5.74) is 2.25. The first-order valence-electron chi connectivity index (χ1n) is 15.3. The van der Waals surface area contributed by atoms with Gasteiger partial charge in [0, 0.05) is 18.5 Å². The second-order valence-corrected chi connectivity index (χ2v) is 14.2. The number of methoxy groups -OCH3 is 2. The van der Waals surface area contributed by atoms with E-state index in [0.29, 0.717) is 17.2 Å². The van der Waals surface area contributed by atoms with Crippen LogP contribution < -0.4 is 19.1 Å². The Kier molecular flexibility index (Phi) is 11.3. The molecule has 10 heteroatoms. The van der Waals surface area contributed by atoms with Crippen molar-refractivity contribution in [2.24, 2.45) is 0 Å². The summed E-state index contributed by atoms with van der Waals surface area (Å²) in [5, 5.41) is 3.04. The molecule has 0 fully saturated rings. The van der Waals surface area contributed by atoms with E-state index in [2.05, 4.69) is 5.32 Å². The average Bonchev–Trinajstić information content (AvgIpc) is 3.05. The fourth-order valence-corrected chi connectivity index (χ4v) is 6.50. The highest BCUT2D eigenvalue weighted by Gasteiger charge is 2.35. The van der Waals surface area contributed by atoms with Gasteiger partial charge in [-0.15, -0.1) is 0 Å². The summed E-state index contributed by atoms with van der Waals surface area (Å²) in [4.78, 5) is 30.1. The van der Waals surface area contributed by atoms with Crippen LogP contribution in [0.3, 0.4) is 0 Å². The lowest BCUT2D eigenvalue weighted by Gasteiger charge is -2.35. The highest BCUT2D eigenvalue weighted by atomic mass is 32.2. The van der Waals surface area contributed by atoms with Crippen LogP contribution in [-0.4, -0.2) is 57.5 Å². The Morgan fingerprint density at radius 3 is 2.00 bits per heavy atom. The van der Waals surface area contributed by atoms with Crippen molar-refractivity contribution in [2.75, 3.05) is 25.1 Å². The lowest BCUT2D eigenvalue weighted by atomic mass is 10.0. The normalized spacial score (nSPS) is 12.1. The molecule has 0 radical (unpaired) electrons. The van der Waals surface area contributed by atoms with E-state index < -0.39 is 34.1 Å². The molecular weight excluding hydrogens is 614 g/mol. The quantitative estimate of drug-likeness (QED) is 0.196. The minimum atomic E-state index is -4.23. The number of hydrogen-bond donors (Lipinski definition) is 1. The molecular formula is C37H43N3O6S. The zero-order chi connectivity index (χ0) is 34.2. The van der Waals surface area contributed by atoms with Gasteiger partial charge in [0.25, 0.3) is 10.0 Å². The molecule has 2 amide bonds. The molecule has 0 bridgehead atoms. The van der Waals surface area contributed by atoms with Gasteiger partial charge in [-0.25, -0.2) is 8.42 Å². The molecule has 0 aliphatic rings. The van der Waals surface area contributed by atoms with E-state index in [1.165, 1.54) is 24.1 Å². The molecule has 0 saturated heterocycles. The van der Waals surface area contributed by atoms with Crippen LogP contribution in [0.5, 0.6) is 11.5 Å². The summed E-state index contributed by atoms with van der Waals surface area (Å²) >= 11 is 0. The van der Waals surface area contributed by atoms with Gasteiger partial charge in [-0.3, -0.25) is 13.9 Å². The van der Waals surface area contributed by atoms with Gasteiger partial charge in [0.1, 0.15) is 24.1 Å². The fraction of sp³-hybridized carbons (Fsp3) is 0.297. The summed E-state index contributed by atoms with van der Waals surface area (Å²) in [6.45, 7) is 7.01. The number of sulfonamides is 1. The first-order valence-corrected chi connectivity index (χ1v) is 16.8. The summed E-state index contributed by atoms with van der Waals surface area (Å²) in [6, 6.07) is 28.7. The number of amides is 2. The Balaban J connectivity index is 1.82. The number of aryl methyl sites for hydroxylation is 1. The summed E-state index contributed by atoms with van der Waals surface area (Å²) in [6.07, 6.45) is 0.216. The van der Waals surface area contributed by atoms with E-state index in [9.17, 15) is 18.0 Å². The van der Waals surface area contributed by atoms with Crippen molar-refractivity contribution in [3.8, 4) is 11.5 Å². The van der Waals surface area contributed by atoms with Crippen LogP contribution >= 0.6 is 0 Å². The third-order valence-electron chi connectivity index (χ3n) is 7.50. The van der Waals surface area contributed by atoms with Crippen LogP contribution in [0.2, 0.25) is 0 Å². The molecule has 1 atom stereocenters. The lowest BCUT2D eigenvalue weighted by Crippen LogP contribution is -2.56. The van der Waals surface area contributed by atoms with Crippen LogP contribution in [0.25, 0.3) is 0 Å². The molecule has 0 spiro atoms. The van der Waals surface area contributed by atoms with Crippen LogP contribution in [0.4, 0.5) is 5.69 Å². The summed E-state index contributed by atoms with van der Waals surface area (Å²) < 4.78 is 40.2. The third kappa shape index (κ3) is 9.36. The van der Waals surface area contributed by atoms with Crippen molar-refractivity contribution in [3.05, 3.63) is 120 Å². The smallest absolute Gasteiger partial charge is 0.264 e.